The van der Waals surface area contributed by atoms with E-state index >= 15 is 0 Å². The van der Waals surface area contributed by atoms with E-state index in [1.165, 1.54) is 0 Å². The Balaban J connectivity index is 0.774. The fourth-order valence-electron chi connectivity index (χ4n) is 10.9. The molecule has 2 amide bonds. The van der Waals surface area contributed by atoms with Crippen molar-refractivity contribution in [2.45, 2.75) is 97.1 Å². The van der Waals surface area contributed by atoms with Crippen molar-refractivity contribution in [1.29, 1.82) is 5.26 Å². The summed E-state index contributed by atoms with van der Waals surface area (Å²) < 4.78 is 6.48. The first-order chi connectivity index (χ1) is 27.7. The van der Waals surface area contributed by atoms with E-state index in [1.54, 1.807) is 23.1 Å². The molecule has 0 spiro atoms. The molecule has 4 aliphatic heterocycles. The fourth-order valence-corrected chi connectivity index (χ4v) is 11.1. The lowest BCUT2D eigenvalue weighted by Gasteiger charge is -2.65. The van der Waals surface area contributed by atoms with Gasteiger partial charge in [0.05, 0.1) is 16.6 Å². The number of carbonyl (C=O) groups is 4. The predicted molar refractivity (Wildman–Crippen MR) is 219 cm³/mol. The normalized spacial score (nSPS) is 25.4. The van der Waals surface area contributed by atoms with Gasteiger partial charge in [-0.1, -0.05) is 57.2 Å². The molecule has 10 nitrogen and oxygen atoms in total. The second-order valence-electron chi connectivity index (χ2n) is 18.3. The number of ketones is 2. The second kappa shape index (κ2) is 14.3. The number of nitriles is 1. The molecule has 298 valence electrons. The molecule has 1 atom stereocenters. The highest BCUT2D eigenvalue weighted by molar-refractivity contribution is 6.31. The van der Waals surface area contributed by atoms with Gasteiger partial charge in [-0.3, -0.25) is 24.1 Å². The van der Waals surface area contributed by atoms with E-state index in [4.69, 9.17) is 16.3 Å². The Labute approximate surface area is 345 Å². The smallest absolute Gasteiger partial charge is 0.255 e. The molecule has 11 heteroatoms. The van der Waals surface area contributed by atoms with Gasteiger partial charge in [-0.05, 0) is 66.4 Å². The number of benzene rings is 3. The van der Waals surface area contributed by atoms with Crippen molar-refractivity contribution in [2.24, 2.45) is 16.7 Å². The lowest BCUT2D eigenvalue weighted by Crippen LogP contribution is -2.74. The van der Waals surface area contributed by atoms with Crippen molar-refractivity contribution >= 4 is 40.7 Å². The van der Waals surface area contributed by atoms with E-state index in [1.807, 2.05) is 29.2 Å². The average Bonchev–Trinajstić information content (AvgIpc) is 3.63. The minimum absolute atomic E-state index is 0.0403. The molecule has 9 rings (SSSR count). The summed E-state index contributed by atoms with van der Waals surface area (Å²) in [6.45, 7) is 13.2. The first-order valence-electron chi connectivity index (χ1n) is 20.5. The van der Waals surface area contributed by atoms with E-state index in [2.05, 4.69) is 67.5 Å². The van der Waals surface area contributed by atoms with Gasteiger partial charge in [-0.25, -0.2) is 0 Å². The zero-order chi connectivity index (χ0) is 40.7. The van der Waals surface area contributed by atoms with Crippen LogP contribution in [0.5, 0.6) is 5.75 Å². The molecule has 0 radical (unpaired) electrons. The van der Waals surface area contributed by atoms with E-state index < -0.39 is 6.04 Å². The van der Waals surface area contributed by atoms with Crippen LogP contribution < -0.4 is 9.64 Å². The summed E-state index contributed by atoms with van der Waals surface area (Å²) in [5, 5.41) is 9.62. The van der Waals surface area contributed by atoms with Gasteiger partial charge in [0.2, 0.25) is 0 Å². The average molecular weight is 798 g/mol. The van der Waals surface area contributed by atoms with E-state index in [9.17, 15) is 24.4 Å². The van der Waals surface area contributed by atoms with Crippen molar-refractivity contribution < 1.29 is 23.9 Å². The maximum absolute atomic E-state index is 13.8. The number of fused-ring (bicyclic) bond motifs is 2. The molecule has 4 fully saturated rings. The molecule has 3 aromatic carbocycles. The van der Waals surface area contributed by atoms with Crippen LogP contribution in [0.2, 0.25) is 5.02 Å². The maximum atomic E-state index is 13.8. The Kier molecular flexibility index (Phi) is 9.45. The summed E-state index contributed by atoms with van der Waals surface area (Å²) in [7, 11) is 0. The minimum Gasteiger partial charge on any atom is -0.489 e. The van der Waals surface area contributed by atoms with Crippen LogP contribution in [-0.2, 0) is 22.7 Å². The third-order valence-electron chi connectivity index (χ3n) is 13.6. The Morgan fingerprint density at radius 3 is 2.28 bits per heavy atom. The van der Waals surface area contributed by atoms with Gasteiger partial charge in [-0.2, -0.15) is 5.26 Å². The van der Waals surface area contributed by atoms with Gasteiger partial charge in [0.15, 0.2) is 5.78 Å². The molecule has 0 bridgehead atoms. The van der Waals surface area contributed by atoms with Crippen molar-refractivity contribution in [3.05, 3.63) is 93.0 Å². The molecule has 6 aliphatic rings. The summed E-state index contributed by atoms with van der Waals surface area (Å²) in [6.07, 6.45) is 1.98. The molecule has 0 aromatic heterocycles. The molecular weight excluding hydrogens is 750 g/mol. The lowest BCUT2D eigenvalue weighted by molar-refractivity contribution is -0.199. The summed E-state index contributed by atoms with van der Waals surface area (Å²) >= 11 is 6.29. The van der Waals surface area contributed by atoms with Crippen molar-refractivity contribution in [1.82, 2.24) is 14.7 Å². The number of anilines is 1. The van der Waals surface area contributed by atoms with Crippen molar-refractivity contribution in [3.8, 4) is 23.7 Å². The number of halogens is 1. The standard InChI is InChI=1S/C47H48ClN5O5/c1-46(2)44(47(3,4)45(46)58-36-15-12-30(21-49)39(48)20-36)53-25-32-18-28(10-16-37(32)42(53)56)8-9-29-22-50(23-29)34-26-51(27-34)33-13-11-31-24-52(43(57)38(31)19-33)40-17-14-35(54)6-5-7-41(40)55/h10-13,15-16,18-20,29,34,40,44-45H,5-7,14,17,22-27H2,1-4H3. The Morgan fingerprint density at radius 1 is 0.793 bits per heavy atom. The predicted octanol–water partition coefficient (Wildman–Crippen LogP) is 6.65. The van der Waals surface area contributed by atoms with Crippen LogP contribution in [-0.4, -0.2) is 88.5 Å². The summed E-state index contributed by atoms with van der Waals surface area (Å²) in [5.74, 6) is 7.96. The molecule has 2 saturated heterocycles. The highest BCUT2D eigenvalue weighted by atomic mass is 35.5. The molecule has 58 heavy (non-hydrogen) atoms. The minimum atomic E-state index is -0.517. The zero-order valence-electron chi connectivity index (χ0n) is 33.5. The lowest BCUT2D eigenvalue weighted by atomic mass is 9.49. The summed E-state index contributed by atoms with van der Waals surface area (Å²) in [6, 6.07) is 19.1. The highest BCUT2D eigenvalue weighted by Gasteiger charge is 2.67. The number of carbonyl (C=O) groups excluding carboxylic acids is 4. The van der Waals surface area contributed by atoms with Crippen LogP contribution in [0.1, 0.15) is 103 Å². The van der Waals surface area contributed by atoms with Gasteiger partial charge in [0.25, 0.3) is 11.8 Å². The number of hydrogen-bond donors (Lipinski definition) is 0. The molecule has 1 unspecified atom stereocenters. The first-order valence-corrected chi connectivity index (χ1v) is 20.9. The number of amides is 2. The fraction of sp³-hybridized carbons (Fsp3) is 0.468. The monoisotopic (exact) mass is 797 g/mol. The van der Waals surface area contributed by atoms with Gasteiger partial charge >= 0.3 is 0 Å². The van der Waals surface area contributed by atoms with Crippen LogP contribution in [0.3, 0.4) is 0 Å². The quantitative estimate of drug-likeness (QED) is 0.255. The number of likely N-dealkylation sites (tertiary alicyclic amines) is 1. The SMILES string of the molecule is CC1(C)C(Oc2ccc(C#N)c(Cl)c2)C(C)(C)C1N1Cc2cc(C#CC3CN(C4CN(c5ccc6c(c5)C(=O)N(C5CCC(=O)CCCC5=O)C6)C4)C3)ccc2C1=O. The highest BCUT2D eigenvalue weighted by Crippen LogP contribution is 2.59. The van der Waals surface area contributed by atoms with Crippen LogP contribution >= 0.6 is 11.6 Å². The molecular formula is C47H48ClN5O5. The molecule has 2 saturated carbocycles. The van der Waals surface area contributed by atoms with Crippen LogP contribution in [0.25, 0.3) is 0 Å². The van der Waals surface area contributed by atoms with Crippen LogP contribution in [0, 0.1) is 39.9 Å². The van der Waals surface area contributed by atoms with Crippen molar-refractivity contribution in [2.75, 3.05) is 31.1 Å². The van der Waals surface area contributed by atoms with Crippen molar-refractivity contribution in [3.63, 3.8) is 0 Å². The number of ether oxygens (including phenoxy) is 1. The van der Waals surface area contributed by atoms with E-state index in [0.29, 0.717) is 73.1 Å². The topological polar surface area (TPSA) is 114 Å². The summed E-state index contributed by atoms with van der Waals surface area (Å²) in [5.41, 5.74) is 5.04. The number of Topliss-reactive ketones (excluding diaryl/α,β-unsaturated/α-hetero) is 2. The number of hydrogen-bond acceptors (Lipinski definition) is 8. The third-order valence-corrected chi connectivity index (χ3v) is 14.0. The Hall–Kier alpha value is -5.16. The van der Waals surface area contributed by atoms with Gasteiger partial charge < -0.3 is 19.4 Å². The molecule has 0 N–H and O–H groups in total. The van der Waals surface area contributed by atoms with E-state index in [0.717, 1.165) is 54.1 Å². The third kappa shape index (κ3) is 6.46. The molecule has 4 heterocycles. The maximum Gasteiger partial charge on any atom is 0.255 e. The molecule has 3 aromatic rings. The molecule has 2 aliphatic carbocycles. The zero-order valence-corrected chi connectivity index (χ0v) is 34.3. The van der Waals surface area contributed by atoms with Crippen LogP contribution in [0.4, 0.5) is 5.69 Å². The number of rotatable bonds is 6. The Morgan fingerprint density at radius 2 is 1.53 bits per heavy atom. The van der Waals surface area contributed by atoms with Gasteiger partial charge in [0, 0.05) is 116 Å². The second-order valence-corrected chi connectivity index (χ2v) is 18.7. The Bertz CT molecular complexity index is 2340. The largest absolute Gasteiger partial charge is 0.489 e. The first kappa shape index (κ1) is 38.4. The number of nitrogens with zero attached hydrogens (tertiary/aromatic N) is 5. The summed E-state index contributed by atoms with van der Waals surface area (Å²) in [4.78, 5) is 60.8. The van der Waals surface area contributed by atoms with Gasteiger partial charge in [-0.15, -0.1) is 0 Å². The van der Waals surface area contributed by atoms with E-state index in [-0.39, 0.29) is 52.3 Å². The van der Waals surface area contributed by atoms with Crippen LogP contribution in [0.15, 0.2) is 54.6 Å². The van der Waals surface area contributed by atoms with Gasteiger partial charge in [0.1, 0.15) is 23.7 Å².